The number of rotatable bonds is 7. The largest absolute Gasteiger partial charge is 0.459 e. The van der Waals surface area contributed by atoms with Crippen LogP contribution in [0.15, 0.2) is 59.5 Å². The number of carbonyl (C=O) groups is 3. The van der Waals surface area contributed by atoms with Gasteiger partial charge in [-0.1, -0.05) is 35.4 Å². The number of aryl methyl sites for hydroxylation is 2. The predicted octanol–water partition coefficient (Wildman–Crippen LogP) is 2.64. The van der Waals surface area contributed by atoms with Crippen molar-refractivity contribution < 1.29 is 28.6 Å². The van der Waals surface area contributed by atoms with Gasteiger partial charge in [0.15, 0.2) is 5.82 Å². The molecule has 11 nitrogen and oxygen atoms in total. The van der Waals surface area contributed by atoms with E-state index in [1.165, 1.54) is 11.5 Å². The van der Waals surface area contributed by atoms with Gasteiger partial charge in [-0.2, -0.15) is 4.98 Å². The molecule has 1 N–H and O–H groups in total. The van der Waals surface area contributed by atoms with E-state index < -0.39 is 36.1 Å². The van der Waals surface area contributed by atoms with Gasteiger partial charge in [0.05, 0.1) is 11.1 Å². The zero-order chi connectivity index (χ0) is 28.4. The maximum absolute atomic E-state index is 13.0. The Hall–Kier alpha value is -4.51. The zero-order valence-corrected chi connectivity index (χ0v) is 22.5. The van der Waals surface area contributed by atoms with Gasteiger partial charge in [-0.3, -0.25) is 19.8 Å². The van der Waals surface area contributed by atoms with Gasteiger partial charge in [-0.05, 0) is 44.5 Å². The summed E-state index contributed by atoms with van der Waals surface area (Å²) < 4.78 is 18.8. The molecule has 0 spiro atoms. The standard InChI is InChI=1S/C29H30N4O7/c1-17-4-8-20(9-5-17)27(35)38-16-24-23(40-28(36)21-10-6-18(2)7-11-21)14-25(39-24)32-15-22-12-13-33(31-19(3)34)26(22)30-29(32)37/h4-11,15,23-25H,12-14,16H2,1-3H3,(H,31,34)/t23-,24+,25+/m0/s1. The Labute approximate surface area is 230 Å². The number of esters is 2. The third-order valence-electron chi connectivity index (χ3n) is 6.86. The average Bonchev–Trinajstić information content (AvgIpc) is 3.50. The number of nitrogens with zero attached hydrogens (tertiary/aromatic N) is 3. The molecule has 2 aromatic carbocycles. The average molecular weight is 547 g/mol. The first kappa shape index (κ1) is 27.1. The molecule has 2 aliphatic rings. The Balaban J connectivity index is 1.35. The van der Waals surface area contributed by atoms with Gasteiger partial charge in [0.25, 0.3) is 0 Å². The Morgan fingerprint density at radius 3 is 2.25 bits per heavy atom. The molecule has 0 aliphatic carbocycles. The number of hydrogen-bond donors (Lipinski definition) is 1. The summed E-state index contributed by atoms with van der Waals surface area (Å²) in [6.45, 7) is 5.52. The van der Waals surface area contributed by atoms with Crippen LogP contribution in [0.5, 0.6) is 0 Å². The summed E-state index contributed by atoms with van der Waals surface area (Å²) in [5.74, 6) is -0.959. The van der Waals surface area contributed by atoms with Gasteiger partial charge in [0.1, 0.15) is 25.0 Å². The molecule has 0 saturated carbocycles. The Morgan fingerprint density at radius 1 is 1.00 bits per heavy atom. The van der Waals surface area contributed by atoms with E-state index in [9.17, 15) is 19.2 Å². The van der Waals surface area contributed by atoms with Crippen molar-refractivity contribution in [3.63, 3.8) is 0 Å². The van der Waals surface area contributed by atoms with Crippen molar-refractivity contribution in [3.05, 3.63) is 93.0 Å². The van der Waals surface area contributed by atoms with Gasteiger partial charge >= 0.3 is 17.6 Å². The van der Waals surface area contributed by atoms with Crippen molar-refractivity contribution in [2.45, 2.75) is 52.0 Å². The lowest BCUT2D eigenvalue weighted by Crippen LogP contribution is -2.41. The topological polar surface area (TPSA) is 129 Å². The van der Waals surface area contributed by atoms with Crippen LogP contribution in [0, 0.1) is 13.8 Å². The predicted molar refractivity (Wildman–Crippen MR) is 144 cm³/mol. The second-order valence-electron chi connectivity index (χ2n) is 9.99. The fourth-order valence-electron chi connectivity index (χ4n) is 4.73. The molecule has 1 aromatic heterocycles. The van der Waals surface area contributed by atoms with Gasteiger partial charge in [0.2, 0.25) is 5.91 Å². The molecular weight excluding hydrogens is 516 g/mol. The highest BCUT2D eigenvalue weighted by molar-refractivity contribution is 5.90. The minimum atomic E-state index is -0.815. The van der Waals surface area contributed by atoms with Crippen molar-refractivity contribution in [1.29, 1.82) is 0 Å². The summed E-state index contributed by atoms with van der Waals surface area (Å²) in [7, 11) is 0. The van der Waals surface area contributed by atoms with Crippen molar-refractivity contribution >= 4 is 23.7 Å². The van der Waals surface area contributed by atoms with Crippen LogP contribution in [0.4, 0.5) is 5.82 Å². The number of hydrogen-bond acceptors (Lipinski definition) is 9. The molecular formula is C29H30N4O7. The first-order valence-corrected chi connectivity index (χ1v) is 13.0. The molecule has 3 atom stereocenters. The summed E-state index contributed by atoms with van der Waals surface area (Å²) in [5, 5.41) is 1.54. The Kier molecular flexibility index (Phi) is 7.65. The highest BCUT2D eigenvalue weighted by Crippen LogP contribution is 2.32. The molecule has 11 heteroatoms. The van der Waals surface area contributed by atoms with Crippen molar-refractivity contribution in [2.75, 3.05) is 18.2 Å². The molecule has 0 bridgehead atoms. The normalized spacial score (nSPS) is 19.7. The number of amides is 1. The van der Waals surface area contributed by atoms with E-state index in [0.717, 1.165) is 16.7 Å². The first-order chi connectivity index (χ1) is 19.2. The van der Waals surface area contributed by atoms with E-state index in [0.29, 0.717) is 29.9 Å². The molecule has 3 heterocycles. The molecule has 208 valence electrons. The fourth-order valence-corrected chi connectivity index (χ4v) is 4.73. The number of benzene rings is 2. The minimum Gasteiger partial charge on any atom is -0.459 e. The van der Waals surface area contributed by atoms with Crippen molar-refractivity contribution in [1.82, 2.24) is 15.0 Å². The number of nitrogens with one attached hydrogen (secondary N) is 1. The quantitative estimate of drug-likeness (QED) is 0.445. The number of ether oxygens (including phenoxy) is 3. The summed E-state index contributed by atoms with van der Waals surface area (Å²) in [5.41, 5.74) is 5.61. The Morgan fingerprint density at radius 2 is 1.62 bits per heavy atom. The van der Waals surface area contributed by atoms with Gasteiger partial charge in [0, 0.05) is 31.6 Å². The van der Waals surface area contributed by atoms with Gasteiger partial charge in [-0.15, -0.1) is 0 Å². The third kappa shape index (κ3) is 5.89. The number of fused-ring (bicyclic) bond motifs is 1. The molecule has 0 unspecified atom stereocenters. The highest BCUT2D eigenvalue weighted by Gasteiger charge is 2.41. The lowest BCUT2D eigenvalue weighted by molar-refractivity contribution is -0.119. The summed E-state index contributed by atoms with van der Waals surface area (Å²) in [6, 6.07) is 13.9. The molecule has 5 rings (SSSR count). The number of aromatic nitrogens is 2. The van der Waals surface area contributed by atoms with Crippen LogP contribution < -0.4 is 16.1 Å². The second kappa shape index (κ2) is 11.3. The van der Waals surface area contributed by atoms with Crippen LogP contribution in [0.2, 0.25) is 0 Å². The number of anilines is 1. The van der Waals surface area contributed by atoms with E-state index in [2.05, 4.69) is 10.4 Å². The van der Waals surface area contributed by atoms with Crippen molar-refractivity contribution in [2.24, 2.45) is 0 Å². The minimum absolute atomic E-state index is 0.153. The molecule has 1 amide bonds. The SMILES string of the molecule is CC(=O)NN1CCc2cn([C@H]3C[C@H](OC(=O)c4ccc(C)cc4)[C@@H](COC(=O)c4ccc(C)cc4)O3)c(=O)nc21. The van der Waals surface area contributed by atoms with Crippen LogP contribution in [0.3, 0.4) is 0 Å². The fraction of sp³-hybridized carbons (Fsp3) is 0.345. The van der Waals surface area contributed by atoms with E-state index in [1.54, 1.807) is 35.5 Å². The summed E-state index contributed by atoms with van der Waals surface area (Å²) >= 11 is 0. The van der Waals surface area contributed by atoms with Crippen LogP contribution >= 0.6 is 0 Å². The van der Waals surface area contributed by atoms with Crippen LogP contribution in [0.25, 0.3) is 0 Å². The molecule has 1 saturated heterocycles. The maximum Gasteiger partial charge on any atom is 0.351 e. The van der Waals surface area contributed by atoms with Crippen molar-refractivity contribution in [3.8, 4) is 0 Å². The Bertz CT molecular complexity index is 1480. The monoisotopic (exact) mass is 546 g/mol. The van der Waals surface area contributed by atoms with E-state index in [1.807, 2.05) is 38.1 Å². The second-order valence-corrected chi connectivity index (χ2v) is 9.99. The summed E-state index contributed by atoms with van der Waals surface area (Å²) in [4.78, 5) is 54.3. The van der Waals surface area contributed by atoms with E-state index in [-0.39, 0.29) is 18.9 Å². The smallest absolute Gasteiger partial charge is 0.351 e. The third-order valence-corrected chi connectivity index (χ3v) is 6.86. The van der Waals surface area contributed by atoms with Crippen LogP contribution in [-0.4, -0.2) is 52.8 Å². The maximum atomic E-state index is 13.0. The van der Waals surface area contributed by atoms with Gasteiger partial charge in [-0.25, -0.2) is 14.4 Å². The molecule has 2 aliphatic heterocycles. The van der Waals surface area contributed by atoms with Crippen LogP contribution in [-0.2, 0) is 25.4 Å². The molecule has 1 fully saturated rings. The van der Waals surface area contributed by atoms with E-state index in [4.69, 9.17) is 14.2 Å². The lowest BCUT2D eigenvalue weighted by Gasteiger charge is -2.19. The summed E-state index contributed by atoms with van der Waals surface area (Å²) in [6.07, 6.45) is -0.0416. The van der Waals surface area contributed by atoms with Gasteiger partial charge < -0.3 is 14.2 Å². The van der Waals surface area contributed by atoms with E-state index >= 15 is 0 Å². The number of carbonyl (C=O) groups excluding carboxylic acids is 3. The highest BCUT2D eigenvalue weighted by atomic mass is 16.6. The number of hydrazine groups is 1. The first-order valence-electron chi connectivity index (χ1n) is 13.0. The lowest BCUT2D eigenvalue weighted by atomic mass is 10.1. The van der Waals surface area contributed by atoms with Crippen LogP contribution in [0.1, 0.15) is 57.0 Å². The molecule has 3 aromatic rings. The zero-order valence-electron chi connectivity index (χ0n) is 22.5. The molecule has 0 radical (unpaired) electrons. The molecule has 40 heavy (non-hydrogen) atoms.